The number of hydrogen-bond acceptors (Lipinski definition) is 2. The van der Waals surface area contributed by atoms with E-state index in [-0.39, 0.29) is 5.82 Å². The average molecular weight is 196 g/mol. The summed E-state index contributed by atoms with van der Waals surface area (Å²) in [6, 6.07) is 4.24. The van der Waals surface area contributed by atoms with E-state index in [2.05, 4.69) is 0 Å². The zero-order valence-electron chi connectivity index (χ0n) is 8.20. The minimum Gasteiger partial charge on any atom is -0.496 e. The third-order valence-corrected chi connectivity index (χ3v) is 1.75. The van der Waals surface area contributed by atoms with Crippen LogP contribution in [0.25, 0.3) is 6.08 Å². The maximum Gasteiger partial charge on any atom is 0.126 e. The molecule has 1 aromatic carbocycles. The molecule has 0 heterocycles. The van der Waals surface area contributed by atoms with E-state index in [1.165, 1.54) is 19.2 Å². The number of ether oxygens (including phenoxy) is 1. The van der Waals surface area contributed by atoms with Gasteiger partial charge in [0.05, 0.1) is 13.2 Å². The van der Waals surface area contributed by atoms with Gasteiger partial charge in [-0.3, -0.25) is 0 Å². The molecule has 1 N–H and O–H groups in total. The quantitative estimate of drug-likeness (QED) is 0.803. The van der Waals surface area contributed by atoms with Gasteiger partial charge in [-0.05, 0) is 25.1 Å². The minimum absolute atomic E-state index is 0.323. The van der Waals surface area contributed by atoms with Gasteiger partial charge in [-0.1, -0.05) is 12.2 Å². The van der Waals surface area contributed by atoms with Gasteiger partial charge in [-0.2, -0.15) is 0 Å². The Kier molecular flexibility index (Phi) is 3.65. The molecule has 14 heavy (non-hydrogen) atoms. The molecule has 0 aliphatic heterocycles. The first kappa shape index (κ1) is 10.7. The standard InChI is InChI=1S/C11H13FO2/c1-8(13)3-4-9-7-10(12)5-6-11(9)14-2/h3-8,13H,1-2H3/b4-3+. The maximum absolute atomic E-state index is 12.9. The Morgan fingerprint density at radius 2 is 2.21 bits per heavy atom. The first-order chi connectivity index (χ1) is 6.63. The molecule has 0 saturated carbocycles. The summed E-state index contributed by atoms with van der Waals surface area (Å²) in [4.78, 5) is 0. The van der Waals surface area contributed by atoms with Crippen LogP contribution in [0.5, 0.6) is 5.75 Å². The zero-order valence-corrected chi connectivity index (χ0v) is 8.20. The lowest BCUT2D eigenvalue weighted by molar-refractivity contribution is 0.245. The summed E-state index contributed by atoms with van der Waals surface area (Å²) in [5, 5.41) is 9.03. The third kappa shape index (κ3) is 2.85. The van der Waals surface area contributed by atoms with Crippen LogP contribution >= 0.6 is 0 Å². The van der Waals surface area contributed by atoms with Crippen molar-refractivity contribution in [2.75, 3.05) is 7.11 Å². The predicted molar refractivity (Wildman–Crippen MR) is 53.7 cm³/mol. The van der Waals surface area contributed by atoms with Gasteiger partial charge in [0, 0.05) is 5.56 Å². The second-order valence-electron chi connectivity index (χ2n) is 2.99. The summed E-state index contributed by atoms with van der Waals surface area (Å²) >= 11 is 0. The molecule has 2 nitrogen and oxygen atoms in total. The Morgan fingerprint density at radius 3 is 2.79 bits per heavy atom. The van der Waals surface area contributed by atoms with Gasteiger partial charge in [0.15, 0.2) is 0 Å². The maximum atomic E-state index is 12.9. The van der Waals surface area contributed by atoms with Gasteiger partial charge in [-0.15, -0.1) is 0 Å². The molecule has 0 amide bonds. The highest BCUT2D eigenvalue weighted by atomic mass is 19.1. The fourth-order valence-corrected chi connectivity index (χ4v) is 1.08. The van der Waals surface area contributed by atoms with Crippen LogP contribution in [0.15, 0.2) is 24.3 Å². The summed E-state index contributed by atoms with van der Waals surface area (Å²) in [5.74, 6) is 0.263. The van der Waals surface area contributed by atoms with Crippen molar-refractivity contribution in [3.8, 4) is 5.75 Å². The van der Waals surface area contributed by atoms with Crippen molar-refractivity contribution in [1.82, 2.24) is 0 Å². The monoisotopic (exact) mass is 196 g/mol. The van der Waals surface area contributed by atoms with E-state index in [0.29, 0.717) is 11.3 Å². The first-order valence-corrected chi connectivity index (χ1v) is 4.33. The molecule has 0 fully saturated rings. The van der Waals surface area contributed by atoms with Gasteiger partial charge in [0.25, 0.3) is 0 Å². The number of halogens is 1. The number of aliphatic hydroxyl groups excluding tert-OH is 1. The third-order valence-electron chi connectivity index (χ3n) is 1.75. The molecule has 0 aromatic heterocycles. The second-order valence-corrected chi connectivity index (χ2v) is 2.99. The van der Waals surface area contributed by atoms with Crippen molar-refractivity contribution < 1.29 is 14.2 Å². The normalized spacial score (nSPS) is 13.1. The van der Waals surface area contributed by atoms with Crippen LogP contribution in [0.1, 0.15) is 12.5 Å². The van der Waals surface area contributed by atoms with E-state index in [4.69, 9.17) is 9.84 Å². The molecular formula is C11H13FO2. The van der Waals surface area contributed by atoms with Gasteiger partial charge >= 0.3 is 0 Å². The predicted octanol–water partition coefficient (Wildman–Crippen LogP) is 2.23. The van der Waals surface area contributed by atoms with Gasteiger partial charge < -0.3 is 9.84 Å². The Bertz CT molecular complexity index is 332. The molecule has 0 bridgehead atoms. The lowest BCUT2D eigenvalue weighted by Crippen LogP contribution is -1.93. The average Bonchev–Trinajstić information content (AvgIpc) is 2.15. The fraction of sp³-hybridized carbons (Fsp3) is 0.273. The lowest BCUT2D eigenvalue weighted by atomic mass is 10.1. The van der Waals surface area contributed by atoms with Crippen molar-refractivity contribution in [3.05, 3.63) is 35.7 Å². The Hall–Kier alpha value is -1.35. The van der Waals surface area contributed by atoms with Crippen molar-refractivity contribution in [2.24, 2.45) is 0 Å². The Labute approximate surface area is 82.6 Å². The molecule has 0 saturated heterocycles. The number of methoxy groups -OCH3 is 1. The minimum atomic E-state index is -0.553. The number of hydrogen-bond donors (Lipinski definition) is 1. The summed E-state index contributed by atoms with van der Waals surface area (Å²) in [7, 11) is 1.52. The van der Waals surface area contributed by atoms with Crippen LogP contribution in [0.3, 0.4) is 0 Å². The van der Waals surface area contributed by atoms with Crippen LogP contribution in [0.2, 0.25) is 0 Å². The number of rotatable bonds is 3. The molecule has 1 unspecified atom stereocenters. The Balaban J connectivity index is 2.99. The van der Waals surface area contributed by atoms with E-state index in [0.717, 1.165) is 0 Å². The number of benzene rings is 1. The van der Waals surface area contributed by atoms with Crippen molar-refractivity contribution >= 4 is 6.08 Å². The molecular weight excluding hydrogens is 183 g/mol. The van der Waals surface area contributed by atoms with Crippen molar-refractivity contribution in [2.45, 2.75) is 13.0 Å². The van der Waals surface area contributed by atoms with Gasteiger partial charge in [0.2, 0.25) is 0 Å². The van der Waals surface area contributed by atoms with Crippen molar-refractivity contribution in [3.63, 3.8) is 0 Å². The fourth-order valence-electron chi connectivity index (χ4n) is 1.08. The van der Waals surface area contributed by atoms with Crippen LogP contribution in [0, 0.1) is 5.82 Å². The molecule has 0 radical (unpaired) electrons. The molecule has 0 spiro atoms. The highest BCUT2D eigenvalue weighted by Gasteiger charge is 2.01. The molecule has 0 aliphatic carbocycles. The van der Waals surface area contributed by atoms with Crippen molar-refractivity contribution in [1.29, 1.82) is 0 Å². The molecule has 1 aromatic rings. The Morgan fingerprint density at radius 1 is 1.50 bits per heavy atom. The van der Waals surface area contributed by atoms with E-state index in [1.807, 2.05) is 0 Å². The van der Waals surface area contributed by atoms with E-state index in [1.54, 1.807) is 25.1 Å². The van der Waals surface area contributed by atoms with Gasteiger partial charge in [-0.25, -0.2) is 4.39 Å². The topological polar surface area (TPSA) is 29.5 Å². The van der Waals surface area contributed by atoms with E-state index in [9.17, 15) is 4.39 Å². The molecule has 1 rings (SSSR count). The highest BCUT2D eigenvalue weighted by Crippen LogP contribution is 2.20. The largest absolute Gasteiger partial charge is 0.496 e. The molecule has 3 heteroatoms. The van der Waals surface area contributed by atoms with Gasteiger partial charge in [0.1, 0.15) is 11.6 Å². The summed E-state index contributed by atoms with van der Waals surface area (Å²) in [5.41, 5.74) is 0.619. The lowest BCUT2D eigenvalue weighted by Gasteiger charge is -2.04. The highest BCUT2D eigenvalue weighted by molar-refractivity contribution is 5.57. The van der Waals surface area contributed by atoms with Crippen LogP contribution in [-0.4, -0.2) is 18.3 Å². The number of aliphatic hydroxyl groups is 1. The van der Waals surface area contributed by atoms with Crippen LogP contribution < -0.4 is 4.74 Å². The zero-order chi connectivity index (χ0) is 10.6. The second kappa shape index (κ2) is 4.77. The first-order valence-electron chi connectivity index (χ1n) is 4.33. The molecule has 0 aliphatic rings. The molecule has 76 valence electrons. The van der Waals surface area contributed by atoms with E-state index >= 15 is 0 Å². The van der Waals surface area contributed by atoms with Crippen LogP contribution in [-0.2, 0) is 0 Å². The summed E-state index contributed by atoms with van der Waals surface area (Å²) in [6.07, 6.45) is 2.65. The van der Waals surface area contributed by atoms with Crippen LogP contribution in [0.4, 0.5) is 4.39 Å². The summed E-state index contributed by atoms with van der Waals surface area (Å²) in [6.45, 7) is 1.63. The molecule has 1 atom stereocenters. The SMILES string of the molecule is COc1ccc(F)cc1/C=C/C(C)O. The van der Waals surface area contributed by atoms with E-state index < -0.39 is 6.10 Å². The smallest absolute Gasteiger partial charge is 0.126 e. The summed E-state index contributed by atoms with van der Waals surface area (Å²) < 4.78 is 17.9.